The SMILES string of the molecule is C=C(C)C1CCC2(C)CC3OC3C2(CO)C1. The van der Waals surface area contributed by atoms with E-state index in [0.717, 1.165) is 12.8 Å². The number of hydrogen-bond acceptors (Lipinski definition) is 2. The summed E-state index contributed by atoms with van der Waals surface area (Å²) < 4.78 is 5.72. The molecule has 0 spiro atoms. The first kappa shape index (κ1) is 10.8. The van der Waals surface area contributed by atoms with Crippen LogP contribution in [0.4, 0.5) is 0 Å². The zero-order valence-corrected chi connectivity index (χ0v) is 10.3. The Hall–Kier alpha value is -0.340. The maximum atomic E-state index is 9.90. The van der Waals surface area contributed by atoms with Crippen LogP contribution in [0.1, 0.15) is 39.5 Å². The lowest BCUT2D eigenvalue weighted by molar-refractivity contribution is -0.0778. The van der Waals surface area contributed by atoms with E-state index in [1.54, 1.807) is 0 Å². The van der Waals surface area contributed by atoms with E-state index in [0.29, 0.717) is 23.5 Å². The summed E-state index contributed by atoms with van der Waals surface area (Å²) in [7, 11) is 0. The largest absolute Gasteiger partial charge is 0.396 e. The molecule has 0 aromatic heterocycles. The zero-order valence-electron chi connectivity index (χ0n) is 10.3. The third-order valence-corrected chi connectivity index (χ3v) is 5.62. The monoisotopic (exact) mass is 222 g/mol. The number of fused-ring (bicyclic) bond motifs is 3. The number of rotatable bonds is 2. The van der Waals surface area contributed by atoms with E-state index in [-0.39, 0.29) is 12.0 Å². The van der Waals surface area contributed by atoms with Crippen molar-refractivity contribution in [3.05, 3.63) is 12.2 Å². The highest BCUT2D eigenvalue weighted by Crippen LogP contribution is 2.68. The average Bonchev–Trinajstić information content (AvgIpc) is 2.93. The van der Waals surface area contributed by atoms with Gasteiger partial charge in [-0.1, -0.05) is 19.1 Å². The molecule has 2 heteroatoms. The third-order valence-electron chi connectivity index (χ3n) is 5.62. The van der Waals surface area contributed by atoms with Gasteiger partial charge in [0.25, 0.3) is 0 Å². The summed E-state index contributed by atoms with van der Waals surface area (Å²) in [5, 5.41) is 9.90. The second-order valence-corrected chi connectivity index (χ2v) is 6.46. The molecule has 0 bridgehead atoms. The second kappa shape index (κ2) is 3.11. The molecule has 1 saturated heterocycles. The van der Waals surface area contributed by atoms with Crippen molar-refractivity contribution in [2.45, 2.75) is 51.7 Å². The number of hydrogen-bond donors (Lipinski definition) is 1. The molecule has 2 aliphatic carbocycles. The molecule has 0 aromatic rings. The summed E-state index contributed by atoms with van der Waals surface area (Å²) in [6, 6.07) is 0. The summed E-state index contributed by atoms with van der Waals surface area (Å²) in [6.07, 6.45) is 5.48. The van der Waals surface area contributed by atoms with Crippen LogP contribution in [0.25, 0.3) is 0 Å². The van der Waals surface area contributed by atoms with E-state index in [1.807, 2.05) is 0 Å². The highest BCUT2D eigenvalue weighted by Gasteiger charge is 2.71. The summed E-state index contributed by atoms with van der Waals surface area (Å²) in [5.41, 5.74) is 1.61. The van der Waals surface area contributed by atoms with Gasteiger partial charge in [-0.2, -0.15) is 0 Å². The van der Waals surface area contributed by atoms with Crippen molar-refractivity contribution in [2.75, 3.05) is 6.61 Å². The molecule has 2 saturated carbocycles. The highest BCUT2D eigenvalue weighted by atomic mass is 16.6. The summed E-state index contributed by atoms with van der Waals surface area (Å²) >= 11 is 0. The summed E-state index contributed by atoms with van der Waals surface area (Å²) in [5.74, 6) is 0.586. The van der Waals surface area contributed by atoms with Crippen LogP contribution in [0.2, 0.25) is 0 Å². The number of epoxide rings is 1. The Morgan fingerprint density at radius 2 is 2.25 bits per heavy atom. The van der Waals surface area contributed by atoms with Gasteiger partial charge in [0.05, 0.1) is 18.8 Å². The van der Waals surface area contributed by atoms with Gasteiger partial charge in [0.2, 0.25) is 0 Å². The Labute approximate surface area is 97.7 Å². The van der Waals surface area contributed by atoms with Crippen molar-refractivity contribution in [3.63, 3.8) is 0 Å². The Balaban J connectivity index is 1.92. The van der Waals surface area contributed by atoms with E-state index in [1.165, 1.54) is 18.4 Å². The van der Waals surface area contributed by atoms with Gasteiger partial charge < -0.3 is 9.84 Å². The molecule has 0 amide bonds. The van der Waals surface area contributed by atoms with Gasteiger partial charge in [0.1, 0.15) is 0 Å². The Morgan fingerprint density at radius 3 is 2.88 bits per heavy atom. The summed E-state index contributed by atoms with van der Waals surface area (Å²) in [4.78, 5) is 0. The van der Waals surface area contributed by atoms with Crippen LogP contribution >= 0.6 is 0 Å². The first-order chi connectivity index (χ1) is 7.52. The van der Waals surface area contributed by atoms with Crippen molar-refractivity contribution >= 4 is 0 Å². The Morgan fingerprint density at radius 1 is 1.50 bits per heavy atom. The molecule has 5 unspecified atom stereocenters. The molecule has 3 rings (SSSR count). The fourth-order valence-corrected chi connectivity index (χ4v) is 4.29. The van der Waals surface area contributed by atoms with Crippen LogP contribution in [-0.4, -0.2) is 23.9 Å². The molecule has 16 heavy (non-hydrogen) atoms. The minimum Gasteiger partial charge on any atom is -0.396 e. The fraction of sp³-hybridized carbons (Fsp3) is 0.857. The lowest BCUT2D eigenvalue weighted by atomic mass is 9.55. The second-order valence-electron chi connectivity index (χ2n) is 6.46. The molecule has 1 aliphatic heterocycles. The molecular weight excluding hydrogens is 200 g/mol. The first-order valence-corrected chi connectivity index (χ1v) is 6.44. The zero-order chi connectivity index (χ0) is 11.6. The lowest BCUT2D eigenvalue weighted by Crippen LogP contribution is -2.48. The molecule has 90 valence electrons. The Kier molecular flexibility index (Phi) is 2.10. The van der Waals surface area contributed by atoms with Gasteiger partial charge >= 0.3 is 0 Å². The molecule has 1 heterocycles. The van der Waals surface area contributed by atoms with E-state index in [9.17, 15) is 5.11 Å². The van der Waals surface area contributed by atoms with Crippen molar-refractivity contribution in [2.24, 2.45) is 16.7 Å². The molecular formula is C14H22O2. The normalized spacial score (nSPS) is 54.3. The van der Waals surface area contributed by atoms with E-state index >= 15 is 0 Å². The minimum atomic E-state index is 0.0273. The predicted molar refractivity (Wildman–Crippen MR) is 63.1 cm³/mol. The maximum Gasteiger partial charge on any atom is 0.0925 e. The number of allylic oxidation sites excluding steroid dienone is 1. The minimum absolute atomic E-state index is 0.0273. The van der Waals surface area contributed by atoms with Crippen LogP contribution in [0.3, 0.4) is 0 Å². The quantitative estimate of drug-likeness (QED) is 0.575. The van der Waals surface area contributed by atoms with E-state index < -0.39 is 0 Å². The Bertz CT molecular complexity index is 338. The van der Waals surface area contributed by atoms with Crippen molar-refractivity contribution in [1.29, 1.82) is 0 Å². The predicted octanol–water partition coefficient (Wildman–Crippen LogP) is 2.52. The molecule has 2 nitrogen and oxygen atoms in total. The lowest BCUT2D eigenvalue weighted by Gasteiger charge is -2.50. The third kappa shape index (κ3) is 1.15. The number of ether oxygens (including phenoxy) is 1. The number of aliphatic hydroxyl groups is 1. The van der Waals surface area contributed by atoms with Crippen LogP contribution in [0.5, 0.6) is 0 Å². The molecule has 0 radical (unpaired) electrons. The average molecular weight is 222 g/mol. The molecule has 5 atom stereocenters. The highest BCUT2D eigenvalue weighted by molar-refractivity contribution is 5.20. The molecule has 3 fully saturated rings. The standard InChI is InChI=1S/C14H22O2/c1-9(2)10-4-5-13(3)7-11-12(16-11)14(13,6-10)8-15/h10-12,15H,1,4-8H2,2-3H3. The van der Waals surface area contributed by atoms with Crippen molar-refractivity contribution in [1.82, 2.24) is 0 Å². The molecule has 3 aliphatic rings. The van der Waals surface area contributed by atoms with Gasteiger partial charge in [0.15, 0.2) is 0 Å². The van der Waals surface area contributed by atoms with Crippen LogP contribution in [0, 0.1) is 16.7 Å². The van der Waals surface area contributed by atoms with Gasteiger partial charge in [-0.25, -0.2) is 0 Å². The van der Waals surface area contributed by atoms with E-state index in [2.05, 4.69) is 20.4 Å². The summed E-state index contributed by atoms with van der Waals surface area (Å²) in [6.45, 7) is 8.86. The van der Waals surface area contributed by atoms with Crippen molar-refractivity contribution in [3.8, 4) is 0 Å². The van der Waals surface area contributed by atoms with Gasteiger partial charge in [0, 0.05) is 5.41 Å². The fourth-order valence-electron chi connectivity index (χ4n) is 4.29. The van der Waals surface area contributed by atoms with Crippen LogP contribution in [0.15, 0.2) is 12.2 Å². The topological polar surface area (TPSA) is 32.8 Å². The first-order valence-electron chi connectivity index (χ1n) is 6.44. The van der Waals surface area contributed by atoms with Crippen LogP contribution < -0.4 is 0 Å². The van der Waals surface area contributed by atoms with E-state index in [4.69, 9.17) is 4.74 Å². The molecule has 1 N–H and O–H groups in total. The molecule has 0 aromatic carbocycles. The smallest absolute Gasteiger partial charge is 0.0925 e. The number of aliphatic hydroxyl groups excluding tert-OH is 1. The van der Waals surface area contributed by atoms with Gasteiger partial charge in [-0.15, -0.1) is 0 Å². The van der Waals surface area contributed by atoms with Crippen LogP contribution in [-0.2, 0) is 4.74 Å². The van der Waals surface area contributed by atoms with Gasteiger partial charge in [-0.05, 0) is 43.9 Å². The van der Waals surface area contributed by atoms with Gasteiger partial charge in [-0.3, -0.25) is 0 Å². The van der Waals surface area contributed by atoms with Crippen molar-refractivity contribution < 1.29 is 9.84 Å². The maximum absolute atomic E-state index is 9.90.